The molecule has 1 atom stereocenters. The Hall–Kier alpha value is -1.26. The molecule has 2 N–H and O–H groups in total. The van der Waals surface area contributed by atoms with Gasteiger partial charge in [-0.3, -0.25) is 0 Å². The lowest BCUT2D eigenvalue weighted by Crippen LogP contribution is -2.21. The molecule has 1 aliphatic rings. The van der Waals surface area contributed by atoms with Gasteiger partial charge in [-0.2, -0.15) is 0 Å². The smallest absolute Gasteiger partial charge is 0.201 e. The molecule has 2 aromatic rings. The Morgan fingerprint density at radius 1 is 1.47 bits per heavy atom. The Labute approximate surface area is 118 Å². The van der Waals surface area contributed by atoms with Crippen molar-refractivity contribution in [2.45, 2.75) is 19.9 Å². The van der Waals surface area contributed by atoms with Gasteiger partial charge in [0, 0.05) is 18.1 Å². The zero-order valence-corrected chi connectivity index (χ0v) is 11.9. The SMILES string of the molecule is CCN1CCC(Cn2c(N)nc3ccc(Cl)cc32)C1. The maximum Gasteiger partial charge on any atom is 0.201 e. The van der Waals surface area contributed by atoms with Crippen LogP contribution in [0.25, 0.3) is 11.0 Å². The average Bonchev–Trinajstić information content (AvgIpc) is 2.96. The van der Waals surface area contributed by atoms with E-state index in [2.05, 4.69) is 21.4 Å². The molecule has 1 aromatic heterocycles. The van der Waals surface area contributed by atoms with Gasteiger partial charge in [0.15, 0.2) is 0 Å². The molecule has 0 bridgehead atoms. The van der Waals surface area contributed by atoms with Gasteiger partial charge in [-0.15, -0.1) is 0 Å². The molecule has 0 radical (unpaired) electrons. The topological polar surface area (TPSA) is 47.1 Å². The second-order valence-corrected chi connectivity index (χ2v) is 5.70. The molecule has 3 rings (SSSR count). The van der Waals surface area contributed by atoms with Gasteiger partial charge < -0.3 is 15.2 Å². The van der Waals surface area contributed by atoms with Crippen LogP contribution in [0.2, 0.25) is 5.02 Å². The van der Waals surface area contributed by atoms with Crippen LogP contribution in [0, 0.1) is 5.92 Å². The lowest BCUT2D eigenvalue weighted by Gasteiger charge is -2.14. The van der Waals surface area contributed by atoms with Gasteiger partial charge in [-0.25, -0.2) is 4.98 Å². The molecule has 1 aromatic carbocycles. The van der Waals surface area contributed by atoms with Crippen molar-refractivity contribution in [1.82, 2.24) is 14.5 Å². The van der Waals surface area contributed by atoms with Crippen molar-refractivity contribution in [2.24, 2.45) is 5.92 Å². The minimum absolute atomic E-state index is 0.590. The van der Waals surface area contributed by atoms with Crippen molar-refractivity contribution in [1.29, 1.82) is 0 Å². The van der Waals surface area contributed by atoms with Crippen molar-refractivity contribution in [3.8, 4) is 0 Å². The van der Waals surface area contributed by atoms with Crippen LogP contribution in [0.15, 0.2) is 18.2 Å². The Bertz CT molecular complexity index is 592. The Morgan fingerprint density at radius 3 is 3.05 bits per heavy atom. The second-order valence-electron chi connectivity index (χ2n) is 5.26. The summed E-state index contributed by atoms with van der Waals surface area (Å²) >= 11 is 6.07. The number of nitrogens with zero attached hydrogens (tertiary/aromatic N) is 3. The van der Waals surface area contributed by atoms with Gasteiger partial charge in [0.25, 0.3) is 0 Å². The summed E-state index contributed by atoms with van der Waals surface area (Å²) in [5, 5.41) is 0.732. The van der Waals surface area contributed by atoms with E-state index in [1.54, 1.807) is 0 Å². The third kappa shape index (κ3) is 2.42. The molecule has 102 valence electrons. The van der Waals surface area contributed by atoms with E-state index >= 15 is 0 Å². The fraction of sp³-hybridized carbons (Fsp3) is 0.500. The molecule has 5 heteroatoms. The van der Waals surface area contributed by atoms with Crippen LogP contribution in [0.3, 0.4) is 0 Å². The molecule has 0 spiro atoms. The number of imidazole rings is 1. The van der Waals surface area contributed by atoms with Gasteiger partial charge >= 0.3 is 0 Å². The van der Waals surface area contributed by atoms with Crippen molar-refractivity contribution < 1.29 is 0 Å². The number of hydrogen-bond acceptors (Lipinski definition) is 3. The van der Waals surface area contributed by atoms with Crippen LogP contribution in [0.4, 0.5) is 5.95 Å². The van der Waals surface area contributed by atoms with Crippen LogP contribution in [0.1, 0.15) is 13.3 Å². The quantitative estimate of drug-likeness (QED) is 0.939. The zero-order valence-electron chi connectivity index (χ0n) is 11.1. The van der Waals surface area contributed by atoms with Crippen molar-refractivity contribution >= 4 is 28.6 Å². The van der Waals surface area contributed by atoms with E-state index in [1.807, 2.05) is 18.2 Å². The lowest BCUT2D eigenvalue weighted by atomic mass is 10.1. The number of halogens is 1. The molecule has 0 amide bonds. The van der Waals surface area contributed by atoms with E-state index in [4.69, 9.17) is 17.3 Å². The van der Waals surface area contributed by atoms with Gasteiger partial charge in [0.2, 0.25) is 5.95 Å². The van der Waals surface area contributed by atoms with Crippen molar-refractivity contribution in [2.75, 3.05) is 25.4 Å². The highest BCUT2D eigenvalue weighted by atomic mass is 35.5. The monoisotopic (exact) mass is 278 g/mol. The summed E-state index contributed by atoms with van der Waals surface area (Å²) in [6.45, 7) is 6.61. The number of likely N-dealkylation sites (tertiary alicyclic amines) is 1. The lowest BCUT2D eigenvalue weighted by molar-refractivity contribution is 0.334. The molecule has 1 saturated heterocycles. The average molecular weight is 279 g/mol. The van der Waals surface area contributed by atoms with Crippen LogP contribution >= 0.6 is 11.6 Å². The third-order valence-corrected chi connectivity index (χ3v) is 4.23. The Morgan fingerprint density at radius 2 is 2.32 bits per heavy atom. The fourth-order valence-corrected chi connectivity index (χ4v) is 3.08. The minimum atomic E-state index is 0.590. The summed E-state index contributed by atoms with van der Waals surface area (Å²) in [6, 6.07) is 5.74. The zero-order chi connectivity index (χ0) is 13.4. The van der Waals surface area contributed by atoms with Crippen LogP contribution in [0.5, 0.6) is 0 Å². The first-order chi connectivity index (χ1) is 9.17. The van der Waals surface area contributed by atoms with Gasteiger partial charge in [-0.1, -0.05) is 18.5 Å². The molecular formula is C14H19ClN4. The van der Waals surface area contributed by atoms with E-state index < -0.39 is 0 Å². The maximum absolute atomic E-state index is 6.07. The Balaban J connectivity index is 1.88. The number of aromatic nitrogens is 2. The number of nitrogens with two attached hydrogens (primary N) is 1. The first kappa shape index (κ1) is 12.8. The first-order valence-corrected chi connectivity index (χ1v) is 7.18. The predicted molar refractivity (Wildman–Crippen MR) is 79.4 cm³/mol. The molecule has 4 nitrogen and oxygen atoms in total. The molecule has 2 heterocycles. The summed E-state index contributed by atoms with van der Waals surface area (Å²) in [5.74, 6) is 1.24. The number of anilines is 1. The third-order valence-electron chi connectivity index (χ3n) is 4.00. The summed E-state index contributed by atoms with van der Waals surface area (Å²) in [7, 11) is 0. The van der Waals surface area contributed by atoms with E-state index in [9.17, 15) is 0 Å². The highest BCUT2D eigenvalue weighted by Crippen LogP contribution is 2.25. The van der Waals surface area contributed by atoms with Crippen LogP contribution in [-0.2, 0) is 6.54 Å². The van der Waals surface area contributed by atoms with Gasteiger partial charge in [-0.05, 0) is 43.6 Å². The molecule has 0 saturated carbocycles. The second kappa shape index (κ2) is 5.02. The number of rotatable bonds is 3. The molecular weight excluding hydrogens is 260 g/mol. The summed E-state index contributed by atoms with van der Waals surface area (Å²) < 4.78 is 2.10. The van der Waals surface area contributed by atoms with E-state index in [-0.39, 0.29) is 0 Å². The highest BCUT2D eigenvalue weighted by molar-refractivity contribution is 6.31. The minimum Gasteiger partial charge on any atom is -0.369 e. The number of hydrogen-bond donors (Lipinski definition) is 1. The first-order valence-electron chi connectivity index (χ1n) is 6.81. The molecule has 1 fully saturated rings. The molecule has 0 aliphatic carbocycles. The number of nitrogen functional groups attached to an aromatic ring is 1. The number of fused-ring (bicyclic) bond motifs is 1. The normalized spacial score (nSPS) is 20.4. The standard InChI is InChI=1S/C14H19ClN4/c1-2-18-6-5-10(8-18)9-19-13-7-11(15)3-4-12(13)17-14(19)16/h3-4,7,10H,2,5-6,8-9H2,1H3,(H2,16,17). The molecule has 1 aliphatic heterocycles. The van der Waals surface area contributed by atoms with E-state index in [0.717, 1.165) is 35.7 Å². The van der Waals surface area contributed by atoms with E-state index in [0.29, 0.717) is 11.9 Å². The van der Waals surface area contributed by atoms with Crippen LogP contribution < -0.4 is 5.73 Å². The van der Waals surface area contributed by atoms with Gasteiger partial charge in [0.1, 0.15) is 0 Å². The maximum atomic E-state index is 6.07. The molecule has 1 unspecified atom stereocenters. The van der Waals surface area contributed by atoms with Crippen molar-refractivity contribution in [3.05, 3.63) is 23.2 Å². The Kier molecular flexibility index (Phi) is 3.37. The summed E-state index contributed by atoms with van der Waals surface area (Å²) in [5.41, 5.74) is 8.01. The van der Waals surface area contributed by atoms with Gasteiger partial charge in [0.05, 0.1) is 11.0 Å². The van der Waals surface area contributed by atoms with Crippen molar-refractivity contribution in [3.63, 3.8) is 0 Å². The molecule has 19 heavy (non-hydrogen) atoms. The van der Waals surface area contributed by atoms with Crippen LogP contribution in [-0.4, -0.2) is 34.1 Å². The predicted octanol–water partition coefficient (Wildman–Crippen LogP) is 2.61. The van der Waals surface area contributed by atoms with E-state index in [1.165, 1.54) is 13.0 Å². The largest absolute Gasteiger partial charge is 0.369 e. The summed E-state index contributed by atoms with van der Waals surface area (Å²) in [4.78, 5) is 6.88. The summed E-state index contributed by atoms with van der Waals surface area (Å²) in [6.07, 6.45) is 1.23. The highest BCUT2D eigenvalue weighted by Gasteiger charge is 2.23. The number of benzene rings is 1. The fourth-order valence-electron chi connectivity index (χ4n) is 2.91.